The predicted molar refractivity (Wildman–Crippen MR) is 131 cm³/mol. The number of halogens is 2. The van der Waals surface area contributed by atoms with E-state index in [0.717, 1.165) is 22.2 Å². The van der Waals surface area contributed by atoms with Crippen molar-refractivity contribution in [3.63, 3.8) is 0 Å². The minimum Gasteiger partial charge on any atom is -0.340 e. The van der Waals surface area contributed by atoms with Gasteiger partial charge in [0.15, 0.2) is 5.82 Å². The molecular weight excluding hydrogens is 482 g/mol. The summed E-state index contributed by atoms with van der Waals surface area (Å²) in [6, 6.07) is 9.65. The molecular formula is C25H26F2N8O2. The van der Waals surface area contributed by atoms with Crippen molar-refractivity contribution in [3.05, 3.63) is 47.9 Å². The van der Waals surface area contributed by atoms with E-state index in [2.05, 4.69) is 42.2 Å². The number of benzene rings is 1. The van der Waals surface area contributed by atoms with Gasteiger partial charge in [0, 0.05) is 50.4 Å². The number of nitrogens with zero attached hydrogens (tertiary/aromatic N) is 6. The summed E-state index contributed by atoms with van der Waals surface area (Å²) < 4.78 is 31.8. The Hall–Kier alpha value is -3.93. The number of fused-ring (bicyclic) bond motifs is 1. The topological polar surface area (TPSA) is 116 Å². The van der Waals surface area contributed by atoms with E-state index in [4.69, 9.17) is 4.52 Å². The van der Waals surface area contributed by atoms with Gasteiger partial charge in [0.25, 0.3) is 11.8 Å². The number of H-pyrrole nitrogens is 1. The third kappa shape index (κ3) is 4.64. The molecule has 2 aliphatic rings. The summed E-state index contributed by atoms with van der Waals surface area (Å²) in [6.07, 6.45) is 1.42. The zero-order chi connectivity index (χ0) is 25.7. The fourth-order valence-corrected chi connectivity index (χ4v) is 4.75. The lowest BCUT2D eigenvalue weighted by molar-refractivity contribution is -0.136. The zero-order valence-corrected chi connectivity index (χ0v) is 20.4. The lowest BCUT2D eigenvalue weighted by Crippen LogP contribution is -2.50. The van der Waals surface area contributed by atoms with E-state index in [9.17, 15) is 13.6 Å². The van der Waals surface area contributed by atoms with Crippen LogP contribution in [0.5, 0.6) is 0 Å². The summed E-state index contributed by atoms with van der Waals surface area (Å²) in [5.41, 5.74) is 3.45. The van der Waals surface area contributed by atoms with Crippen LogP contribution in [-0.2, 0) is 4.79 Å². The standard InChI is InChI=1S/C25H26F2N8O2/c1-14(34-7-9-35(10-8-34)23(36)18-13-25(18,26)27)16-5-6-28-21(12-16)32-24-30-19-4-3-17(11-20(19)31-24)22-29-15(2)33-37-22/h3-6,11-12,14,18H,7-10,13H2,1-2H3,(H2,28,30,31,32). The van der Waals surface area contributed by atoms with Crippen molar-refractivity contribution in [2.45, 2.75) is 32.2 Å². The van der Waals surface area contributed by atoms with Gasteiger partial charge in [-0.2, -0.15) is 4.98 Å². The van der Waals surface area contributed by atoms with E-state index in [1.54, 1.807) is 18.0 Å². The predicted octanol–water partition coefficient (Wildman–Crippen LogP) is 3.92. The first-order chi connectivity index (χ1) is 17.8. The fourth-order valence-electron chi connectivity index (χ4n) is 4.75. The van der Waals surface area contributed by atoms with Gasteiger partial charge in [-0.05, 0) is 49.7 Å². The number of aromatic amines is 1. The molecule has 1 aromatic carbocycles. The summed E-state index contributed by atoms with van der Waals surface area (Å²) in [6.45, 7) is 6.02. The van der Waals surface area contributed by atoms with Gasteiger partial charge >= 0.3 is 0 Å². The summed E-state index contributed by atoms with van der Waals surface area (Å²) >= 11 is 0. The first kappa shape index (κ1) is 23.5. The number of anilines is 2. The molecule has 3 aromatic heterocycles. The Labute approximate surface area is 211 Å². The minimum atomic E-state index is -2.82. The number of aromatic nitrogens is 5. The first-order valence-corrected chi connectivity index (χ1v) is 12.2. The summed E-state index contributed by atoms with van der Waals surface area (Å²) in [4.78, 5) is 32.6. The van der Waals surface area contributed by atoms with Crippen LogP contribution in [0.25, 0.3) is 22.5 Å². The number of hydrogen-bond acceptors (Lipinski definition) is 8. The molecule has 4 aromatic rings. The quantitative estimate of drug-likeness (QED) is 0.403. The van der Waals surface area contributed by atoms with Crippen LogP contribution in [0.3, 0.4) is 0 Å². The number of carbonyl (C=O) groups excluding carboxylic acids is 1. The van der Waals surface area contributed by atoms with E-state index >= 15 is 0 Å². The molecule has 4 heterocycles. The third-order valence-corrected chi connectivity index (χ3v) is 7.07. The van der Waals surface area contributed by atoms with Gasteiger partial charge in [0.1, 0.15) is 11.7 Å². The highest BCUT2D eigenvalue weighted by atomic mass is 19.3. The van der Waals surface area contributed by atoms with Gasteiger partial charge in [-0.25, -0.2) is 18.7 Å². The Morgan fingerprint density at radius 3 is 2.68 bits per heavy atom. The molecule has 37 heavy (non-hydrogen) atoms. The third-order valence-electron chi connectivity index (χ3n) is 7.07. The highest BCUT2D eigenvalue weighted by Gasteiger charge is 2.62. The summed E-state index contributed by atoms with van der Waals surface area (Å²) in [5, 5.41) is 7.07. The molecule has 2 fully saturated rings. The van der Waals surface area contributed by atoms with E-state index in [-0.39, 0.29) is 12.5 Å². The van der Waals surface area contributed by atoms with Crippen LogP contribution in [0.1, 0.15) is 30.8 Å². The number of piperazine rings is 1. The monoisotopic (exact) mass is 508 g/mol. The highest BCUT2D eigenvalue weighted by molar-refractivity contribution is 5.83. The maximum absolute atomic E-state index is 13.3. The number of alkyl halides is 2. The van der Waals surface area contributed by atoms with Crippen molar-refractivity contribution in [1.82, 2.24) is 34.9 Å². The maximum Gasteiger partial charge on any atom is 0.260 e. The summed E-state index contributed by atoms with van der Waals surface area (Å²) in [5.74, 6) is -2.16. The Kier molecular flexibility index (Phi) is 5.63. The fraction of sp³-hybridized carbons (Fsp3) is 0.400. The second-order valence-electron chi connectivity index (χ2n) is 9.62. The normalized spacial score (nSPS) is 20.2. The van der Waals surface area contributed by atoms with Gasteiger partial charge in [0.05, 0.1) is 11.0 Å². The van der Waals surface area contributed by atoms with Gasteiger partial charge in [-0.3, -0.25) is 9.69 Å². The number of carbonyl (C=O) groups is 1. The van der Waals surface area contributed by atoms with E-state index < -0.39 is 17.7 Å². The van der Waals surface area contributed by atoms with Crippen LogP contribution in [0.4, 0.5) is 20.5 Å². The van der Waals surface area contributed by atoms with Crippen molar-refractivity contribution in [2.24, 2.45) is 5.92 Å². The molecule has 1 saturated carbocycles. The number of pyridine rings is 1. The van der Waals surface area contributed by atoms with Crippen molar-refractivity contribution >= 4 is 28.7 Å². The number of aryl methyl sites for hydroxylation is 1. The van der Waals surface area contributed by atoms with Crippen molar-refractivity contribution in [2.75, 3.05) is 31.5 Å². The lowest BCUT2D eigenvalue weighted by atomic mass is 10.1. The van der Waals surface area contributed by atoms with E-state index in [1.807, 2.05) is 30.3 Å². The largest absolute Gasteiger partial charge is 0.340 e. The van der Waals surface area contributed by atoms with E-state index in [1.165, 1.54) is 0 Å². The average molecular weight is 509 g/mol. The van der Waals surface area contributed by atoms with Gasteiger partial charge < -0.3 is 19.7 Å². The Balaban J connectivity index is 1.11. The molecule has 10 nitrogen and oxygen atoms in total. The van der Waals surface area contributed by atoms with Crippen molar-refractivity contribution in [1.29, 1.82) is 0 Å². The smallest absolute Gasteiger partial charge is 0.260 e. The van der Waals surface area contributed by atoms with E-state index in [0.29, 0.717) is 49.7 Å². The number of amides is 1. The first-order valence-electron chi connectivity index (χ1n) is 12.2. The lowest BCUT2D eigenvalue weighted by Gasteiger charge is -2.38. The number of imidazole rings is 1. The van der Waals surface area contributed by atoms with Gasteiger partial charge in [0.2, 0.25) is 11.9 Å². The Morgan fingerprint density at radius 2 is 1.97 bits per heavy atom. The SMILES string of the molecule is Cc1noc(-c2ccc3nc(Nc4cc(C(C)N5CCN(C(=O)C6CC6(F)F)CC5)ccn4)[nH]c3c2)n1. The number of rotatable bonds is 6. The molecule has 0 spiro atoms. The molecule has 2 unspecified atom stereocenters. The van der Waals surface area contributed by atoms with Crippen LogP contribution in [-0.4, -0.2) is 72.9 Å². The molecule has 1 amide bonds. The molecule has 2 N–H and O–H groups in total. The molecule has 1 saturated heterocycles. The number of hydrogen-bond donors (Lipinski definition) is 2. The molecule has 0 bridgehead atoms. The Bertz CT molecular complexity index is 1460. The average Bonchev–Trinajstić information content (AvgIpc) is 3.20. The van der Waals surface area contributed by atoms with Crippen LogP contribution in [0.15, 0.2) is 41.1 Å². The van der Waals surface area contributed by atoms with Crippen molar-refractivity contribution < 1.29 is 18.1 Å². The van der Waals surface area contributed by atoms with Gasteiger partial charge in [-0.15, -0.1) is 0 Å². The maximum atomic E-state index is 13.3. The molecule has 1 aliphatic carbocycles. The van der Waals surface area contributed by atoms with Crippen LogP contribution in [0.2, 0.25) is 0 Å². The molecule has 2 atom stereocenters. The molecule has 6 rings (SSSR count). The highest BCUT2D eigenvalue weighted by Crippen LogP contribution is 2.49. The Morgan fingerprint density at radius 1 is 1.19 bits per heavy atom. The zero-order valence-electron chi connectivity index (χ0n) is 20.4. The van der Waals surface area contributed by atoms with Crippen LogP contribution < -0.4 is 5.32 Å². The van der Waals surface area contributed by atoms with Crippen molar-refractivity contribution in [3.8, 4) is 11.5 Å². The second kappa shape index (κ2) is 8.87. The van der Waals surface area contributed by atoms with Gasteiger partial charge in [-0.1, -0.05) is 5.16 Å². The molecule has 12 heteroatoms. The molecule has 0 radical (unpaired) electrons. The molecule has 192 valence electrons. The van der Waals surface area contributed by atoms with Crippen LogP contribution in [0, 0.1) is 12.8 Å². The second-order valence-corrected chi connectivity index (χ2v) is 9.62. The number of nitrogens with one attached hydrogen (secondary N) is 2. The molecule has 1 aliphatic heterocycles. The minimum absolute atomic E-state index is 0.0688. The summed E-state index contributed by atoms with van der Waals surface area (Å²) in [7, 11) is 0. The van der Waals surface area contributed by atoms with Crippen LogP contribution >= 0.6 is 0 Å².